The number of aryl methyl sites for hydroxylation is 2. The van der Waals surface area contributed by atoms with Crippen molar-refractivity contribution in [2.45, 2.75) is 45.4 Å². The van der Waals surface area contributed by atoms with E-state index >= 15 is 0 Å². The molecule has 2 aromatic carbocycles. The fraction of sp³-hybridized carbons (Fsp3) is 0.440. The number of esters is 1. The van der Waals surface area contributed by atoms with E-state index in [1.54, 1.807) is 0 Å². The molecule has 1 fully saturated rings. The van der Waals surface area contributed by atoms with Gasteiger partial charge in [-0.3, -0.25) is 4.79 Å². The summed E-state index contributed by atoms with van der Waals surface area (Å²) in [7, 11) is -3.62. The Balaban J connectivity index is 1.61. The first-order valence-electron chi connectivity index (χ1n) is 11.3. The van der Waals surface area contributed by atoms with Crippen LogP contribution in [0, 0.1) is 18.8 Å². The number of benzene rings is 2. The zero-order valence-electron chi connectivity index (χ0n) is 19.6. The first-order chi connectivity index (χ1) is 15.6. The van der Waals surface area contributed by atoms with E-state index in [2.05, 4.69) is 19.2 Å². The minimum Gasteiger partial charge on any atom is -0.452 e. The molecule has 1 aliphatic rings. The highest BCUT2D eigenvalue weighted by Crippen LogP contribution is 2.27. The van der Waals surface area contributed by atoms with Crippen LogP contribution in [0.1, 0.15) is 48.7 Å². The number of hydrogen-bond acceptors (Lipinski definition) is 5. The molecular formula is C25H32N2O5S. The lowest BCUT2D eigenvalue weighted by Crippen LogP contribution is -2.42. The number of amides is 1. The smallest absolute Gasteiger partial charge is 0.338 e. The molecule has 8 heteroatoms. The van der Waals surface area contributed by atoms with Gasteiger partial charge in [0.25, 0.3) is 5.91 Å². The van der Waals surface area contributed by atoms with Gasteiger partial charge in [0.1, 0.15) is 0 Å². The average molecular weight is 473 g/mol. The Kier molecular flexibility index (Phi) is 7.92. The van der Waals surface area contributed by atoms with Crippen molar-refractivity contribution in [1.29, 1.82) is 0 Å². The number of carbonyl (C=O) groups excluding carboxylic acids is 2. The number of carbonyl (C=O) groups is 2. The molecule has 178 valence electrons. The molecule has 1 amide bonds. The van der Waals surface area contributed by atoms with E-state index in [1.807, 2.05) is 32.0 Å². The third-order valence-corrected chi connectivity index (χ3v) is 7.75. The van der Waals surface area contributed by atoms with Gasteiger partial charge in [0.05, 0.1) is 10.5 Å². The fourth-order valence-corrected chi connectivity index (χ4v) is 5.99. The highest BCUT2D eigenvalue weighted by atomic mass is 32.2. The number of nitrogens with one attached hydrogen (secondary N) is 1. The molecule has 33 heavy (non-hydrogen) atoms. The molecule has 0 bridgehead atoms. The molecule has 1 heterocycles. The number of piperidine rings is 1. The topological polar surface area (TPSA) is 92.8 Å². The lowest BCUT2D eigenvalue weighted by Gasteiger charge is -2.34. The van der Waals surface area contributed by atoms with E-state index in [0.717, 1.165) is 29.7 Å². The second kappa shape index (κ2) is 10.5. The van der Waals surface area contributed by atoms with Gasteiger partial charge in [-0.05, 0) is 67.0 Å². The van der Waals surface area contributed by atoms with Crippen molar-refractivity contribution in [3.8, 4) is 0 Å². The summed E-state index contributed by atoms with van der Waals surface area (Å²) in [4.78, 5) is 24.8. The third kappa shape index (κ3) is 6.00. The molecule has 2 aromatic rings. The number of rotatable bonds is 7. The number of hydrogen-bond donors (Lipinski definition) is 1. The second-order valence-corrected chi connectivity index (χ2v) is 10.8. The van der Waals surface area contributed by atoms with Gasteiger partial charge in [0.2, 0.25) is 10.0 Å². The number of ether oxygens (including phenoxy) is 1. The minimum absolute atomic E-state index is 0.143. The van der Waals surface area contributed by atoms with E-state index in [-0.39, 0.29) is 10.5 Å². The van der Waals surface area contributed by atoms with E-state index in [1.165, 1.54) is 28.6 Å². The van der Waals surface area contributed by atoms with Crippen LogP contribution in [-0.4, -0.2) is 44.3 Å². The molecule has 3 rings (SSSR count). The maximum atomic E-state index is 13.0. The lowest BCUT2D eigenvalue weighted by atomic mass is 9.94. The van der Waals surface area contributed by atoms with Gasteiger partial charge in [-0.1, -0.05) is 39.0 Å². The van der Waals surface area contributed by atoms with Crippen molar-refractivity contribution in [2.24, 2.45) is 11.8 Å². The Morgan fingerprint density at radius 1 is 1.06 bits per heavy atom. The van der Waals surface area contributed by atoms with Crippen LogP contribution in [0.4, 0.5) is 5.69 Å². The molecule has 0 aromatic heterocycles. The summed E-state index contributed by atoms with van der Waals surface area (Å²) in [6, 6.07) is 11.4. The lowest BCUT2D eigenvalue weighted by molar-refractivity contribution is -0.119. The van der Waals surface area contributed by atoms with Crippen LogP contribution >= 0.6 is 0 Å². The van der Waals surface area contributed by atoms with E-state index in [9.17, 15) is 18.0 Å². The molecule has 7 nitrogen and oxygen atoms in total. The molecule has 0 aliphatic carbocycles. The fourth-order valence-electron chi connectivity index (χ4n) is 4.31. The van der Waals surface area contributed by atoms with Crippen molar-refractivity contribution in [2.75, 3.05) is 25.0 Å². The van der Waals surface area contributed by atoms with Crippen molar-refractivity contribution >= 4 is 27.6 Å². The Hall–Kier alpha value is -2.71. The molecule has 2 atom stereocenters. The zero-order valence-corrected chi connectivity index (χ0v) is 20.4. The summed E-state index contributed by atoms with van der Waals surface area (Å²) in [6.45, 7) is 8.56. The Morgan fingerprint density at radius 2 is 1.70 bits per heavy atom. The highest BCUT2D eigenvalue weighted by Gasteiger charge is 2.31. The molecule has 0 radical (unpaired) electrons. The van der Waals surface area contributed by atoms with Crippen LogP contribution in [0.25, 0.3) is 0 Å². The number of nitrogens with zero attached hydrogens (tertiary/aromatic N) is 1. The standard InChI is InChI=1S/C25H32N2O5S/c1-5-20-8-6-7-19(4)24(20)26-23(28)16-32-25(29)21-9-11-22(12-10-21)33(30,31)27-14-17(2)13-18(3)15-27/h6-12,17-18H,5,13-16H2,1-4H3,(H,26,28). The molecule has 2 unspecified atom stereocenters. The summed E-state index contributed by atoms with van der Waals surface area (Å²) >= 11 is 0. The Bertz CT molecular complexity index is 1100. The van der Waals surface area contributed by atoms with Crippen LogP contribution < -0.4 is 5.32 Å². The number of para-hydroxylation sites is 1. The van der Waals surface area contributed by atoms with Gasteiger partial charge in [0, 0.05) is 18.8 Å². The van der Waals surface area contributed by atoms with Crippen molar-refractivity contribution < 1.29 is 22.7 Å². The first kappa shape index (κ1) is 24.9. The summed E-state index contributed by atoms with van der Waals surface area (Å²) < 4.78 is 32.6. The van der Waals surface area contributed by atoms with Crippen LogP contribution in [0.2, 0.25) is 0 Å². The quantitative estimate of drug-likeness (QED) is 0.615. The molecule has 1 saturated heterocycles. The van der Waals surface area contributed by atoms with E-state index < -0.39 is 28.5 Å². The monoisotopic (exact) mass is 472 g/mol. The number of sulfonamides is 1. The zero-order chi connectivity index (χ0) is 24.2. The van der Waals surface area contributed by atoms with Crippen molar-refractivity contribution in [3.63, 3.8) is 0 Å². The van der Waals surface area contributed by atoms with Gasteiger partial charge in [-0.2, -0.15) is 4.31 Å². The molecule has 1 aliphatic heterocycles. The van der Waals surface area contributed by atoms with Crippen LogP contribution in [0.3, 0.4) is 0 Å². The van der Waals surface area contributed by atoms with E-state index in [4.69, 9.17) is 4.74 Å². The Morgan fingerprint density at radius 3 is 2.30 bits per heavy atom. The predicted molar refractivity (Wildman–Crippen MR) is 128 cm³/mol. The minimum atomic E-state index is -3.62. The predicted octanol–water partition coefficient (Wildman–Crippen LogP) is 4.02. The van der Waals surface area contributed by atoms with Gasteiger partial charge in [-0.25, -0.2) is 13.2 Å². The van der Waals surface area contributed by atoms with Crippen LogP contribution in [-0.2, 0) is 26.0 Å². The first-order valence-corrected chi connectivity index (χ1v) is 12.7. The SMILES string of the molecule is CCc1cccc(C)c1NC(=O)COC(=O)c1ccc(S(=O)(=O)N2CC(C)CC(C)C2)cc1. The molecule has 0 spiro atoms. The van der Waals surface area contributed by atoms with Crippen molar-refractivity contribution in [1.82, 2.24) is 4.31 Å². The van der Waals surface area contributed by atoms with Gasteiger partial charge < -0.3 is 10.1 Å². The second-order valence-electron chi connectivity index (χ2n) is 8.88. The van der Waals surface area contributed by atoms with Crippen molar-refractivity contribution in [3.05, 3.63) is 59.2 Å². The maximum Gasteiger partial charge on any atom is 0.338 e. The van der Waals surface area contributed by atoms with Crippen LogP contribution in [0.15, 0.2) is 47.4 Å². The average Bonchev–Trinajstić information content (AvgIpc) is 2.78. The summed E-state index contributed by atoms with van der Waals surface area (Å²) in [5.41, 5.74) is 2.86. The van der Waals surface area contributed by atoms with Crippen LogP contribution in [0.5, 0.6) is 0 Å². The maximum absolute atomic E-state index is 13.0. The van der Waals surface area contributed by atoms with Gasteiger partial charge in [0.15, 0.2) is 6.61 Å². The highest BCUT2D eigenvalue weighted by molar-refractivity contribution is 7.89. The number of anilines is 1. The largest absolute Gasteiger partial charge is 0.452 e. The summed E-state index contributed by atoms with van der Waals surface area (Å²) in [5.74, 6) is -0.510. The Labute approximate surface area is 196 Å². The van der Waals surface area contributed by atoms with Gasteiger partial charge >= 0.3 is 5.97 Å². The van der Waals surface area contributed by atoms with E-state index in [0.29, 0.717) is 24.9 Å². The van der Waals surface area contributed by atoms with Gasteiger partial charge in [-0.15, -0.1) is 0 Å². The molecule has 0 saturated carbocycles. The molecular weight excluding hydrogens is 440 g/mol. The summed E-state index contributed by atoms with van der Waals surface area (Å²) in [5, 5.41) is 2.81. The summed E-state index contributed by atoms with van der Waals surface area (Å²) in [6.07, 6.45) is 1.77. The normalized spacial score (nSPS) is 19.2. The third-order valence-electron chi connectivity index (χ3n) is 5.90. The molecule has 1 N–H and O–H groups in total.